The topological polar surface area (TPSA) is 92.0 Å². The molecule has 0 unspecified atom stereocenters. The second-order valence-electron chi connectivity index (χ2n) is 5.53. The Hall–Kier alpha value is -2.92. The van der Waals surface area contributed by atoms with E-state index in [1.54, 1.807) is 23.9 Å². The number of carbonyl (C=O) groups is 1. The molecule has 0 saturated carbocycles. The summed E-state index contributed by atoms with van der Waals surface area (Å²) < 4.78 is 6.63. The van der Waals surface area contributed by atoms with Crippen LogP contribution < -0.4 is 10.6 Å². The molecule has 8 heteroatoms. The maximum absolute atomic E-state index is 11.2. The van der Waals surface area contributed by atoms with Gasteiger partial charge in [-0.1, -0.05) is 12.1 Å². The first-order valence-corrected chi connectivity index (χ1v) is 8.73. The maximum Gasteiger partial charge on any atom is 0.305 e. The zero-order chi connectivity index (χ0) is 18.8. The van der Waals surface area contributed by atoms with Crippen LogP contribution in [0.15, 0.2) is 36.7 Å². The van der Waals surface area contributed by atoms with Crippen LogP contribution in [0, 0.1) is 11.3 Å². The normalized spacial score (nSPS) is 10.0. The fourth-order valence-corrected chi connectivity index (χ4v) is 2.50. The average molecular weight is 371 g/mol. The van der Waals surface area contributed by atoms with Gasteiger partial charge in [0.05, 0.1) is 36.7 Å². The Morgan fingerprint density at radius 1 is 1.46 bits per heavy atom. The predicted octanol–water partition coefficient (Wildman–Crippen LogP) is 2.43. The maximum atomic E-state index is 11.2. The van der Waals surface area contributed by atoms with E-state index in [9.17, 15) is 4.79 Å². The highest BCUT2D eigenvalue weighted by Crippen LogP contribution is 2.09. The lowest BCUT2D eigenvalue weighted by atomic mass is 10.1. The third-order valence-electron chi connectivity index (χ3n) is 3.44. The van der Waals surface area contributed by atoms with Crippen molar-refractivity contribution in [2.75, 3.05) is 18.5 Å². The molecule has 0 aliphatic heterocycles. The third-order valence-corrected chi connectivity index (χ3v) is 3.69. The van der Waals surface area contributed by atoms with E-state index in [1.807, 2.05) is 24.4 Å². The standard InChI is InChI=1S/C18H21N5O2S/c1-2-25-17(24)7-4-8-20-18(26)22-16-11-21-23(13-16)12-15-6-3-5-14(9-15)10-19/h3,5-6,9,11,13H,2,4,7-8,12H2,1H3,(H2,20,22,26). The van der Waals surface area contributed by atoms with Crippen LogP contribution in [0.1, 0.15) is 30.9 Å². The van der Waals surface area contributed by atoms with Gasteiger partial charge in [0, 0.05) is 19.2 Å². The van der Waals surface area contributed by atoms with E-state index in [2.05, 4.69) is 21.8 Å². The molecule has 1 heterocycles. The van der Waals surface area contributed by atoms with Gasteiger partial charge < -0.3 is 15.4 Å². The summed E-state index contributed by atoms with van der Waals surface area (Å²) in [5.41, 5.74) is 2.39. The van der Waals surface area contributed by atoms with Gasteiger partial charge in [-0.2, -0.15) is 10.4 Å². The van der Waals surface area contributed by atoms with Crippen molar-refractivity contribution in [2.24, 2.45) is 0 Å². The number of nitriles is 1. The van der Waals surface area contributed by atoms with E-state index < -0.39 is 0 Å². The quantitative estimate of drug-likeness (QED) is 0.418. The summed E-state index contributed by atoms with van der Waals surface area (Å²) in [5.74, 6) is -0.199. The number of hydrogen-bond acceptors (Lipinski definition) is 5. The molecule has 7 nitrogen and oxygen atoms in total. The van der Waals surface area contributed by atoms with Crippen molar-refractivity contribution in [3.8, 4) is 6.07 Å². The molecule has 2 aromatic rings. The number of carbonyl (C=O) groups excluding carboxylic acids is 1. The summed E-state index contributed by atoms with van der Waals surface area (Å²) in [5, 5.41) is 19.8. The fraction of sp³-hybridized carbons (Fsp3) is 0.333. The second kappa shape index (κ2) is 10.2. The first kappa shape index (κ1) is 19.4. The lowest BCUT2D eigenvalue weighted by Crippen LogP contribution is -2.29. The molecule has 1 aromatic heterocycles. The molecular formula is C18H21N5O2S. The Kier molecular flexibility index (Phi) is 7.58. The molecule has 26 heavy (non-hydrogen) atoms. The molecule has 2 N–H and O–H groups in total. The average Bonchev–Trinajstić information content (AvgIpc) is 3.06. The zero-order valence-electron chi connectivity index (χ0n) is 14.6. The number of aromatic nitrogens is 2. The summed E-state index contributed by atoms with van der Waals surface area (Å²) >= 11 is 5.23. The molecule has 0 radical (unpaired) electrons. The van der Waals surface area contributed by atoms with E-state index in [4.69, 9.17) is 22.2 Å². The van der Waals surface area contributed by atoms with Crippen LogP contribution in [0.4, 0.5) is 5.69 Å². The number of rotatable bonds is 8. The van der Waals surface area contributed by atoms with Crippen molar-refractivity contribution >= 4 is 29.0 Å². The van der Waals surface area contributed by atoms with Crippen LogP contribution in [-0.4, -0.2) is 34.0 Å². The van der Waals surface area contributed by atoms with Crippen LogP contribution in [-0.2, 0) is 16.1 Å². The van der Waals surface area contributed by atoms with Gasteiger partial charge >= 0.3 is 5.97 Å². The number of nitrogens with zero attached hydrogens (tertiary/aromatic N) is 3. The zero-order valence-corrected chi connectivity index (χ0v) is 15.4. The number of benzene rings is 1. The molecule has 0 spiro atoms. The fourth-order valence-electron chi connectivity index (χ4n) is 2.28. The van der Waals surface area contributed by atoms with E-state index in [0.717, 1.165) is 11.3 Å². The third kappa shape index (κ3) is 6.53. The summed E-state index contributed by atoms with van der Waals surface area (Å²) in [4.78, 5) is 11.2. The van der Waals surface area contributed by atoms with Gasteiger partial charge in [0.25, 0.3) is 0 Å². The van der Waals surface area contributed by atoms with Gasteiger partial charge in [0.1, 0.15) is 0 Å². The molecule has 2 rings (SSSR count). The lowest BCUT2D eigenvalue weighted by molar-refractivity contribution is -0.143. The van der Waals surface area contributed by atoms with E-state index in [0.29, 0.717) is 43.2 Å². The van der Waals surface area contributed by atoms with Crippen molar-refractivity contribution in [3.63, 3.8) is 0 Å². The molecule has 0 bridgehead atoms. The molecule has 0 aliphatic carbocycles. The van der Waals surface area contributed by atoms with Crippen molar-refractivity contribution in [1.29, 1.82) is 5.26 Å². The number of esters is 1. The van der Waals surface area contributed by atoms with Crippen LogP contribution in [0.2, 0.25) is 0 Å². The minimum absolute atomic E-state index is 0.199. The largest absolute Gasteiger partial charge is 0.466 e. The monoisotopic (exact) mass is 371 g/mol. The SMILES string of the molecule is CCOC(=O)CCCNC(=S)Nc1cnn(Cc2cccc(C#N)c2)c1. The van der Waals surface area contributed by atoms with Gasteiger partial charge in [0.15, 0.2) is 5.11 Å². The summed E-state index contributed by atoms with van der Waals surface area (Å²) in [7, 11) is 0. The highest BCUT2D eigenvalue weighted by atomic mass is 32.1. The number of thiocarbonyl (C=S) groups is 1. The number of hydrogen-bond donors (Lipinski definition) is 2. The first-order valence-electron chi connectivity index (χ1n) is 8.32. The van der Waals surface area contributed by atoms with Crippen molar-refractivity contribution in [1.82, 2.24) is 15.1 Å². The summed E-state index contributed by atoms with van der Waals surface area (Å²) in [6, 6.07) is 9.54. The number of nitrogens with one attached hydrogen (secondary N) is 2. The molecule has 136 valence electrons. The first-order chi connectivity index (χ1) is 12.6. The minimum atomic E-state index is -0.199. The van der Waals surface area contributed by atoms with E-state index >= 15 is 0 Å². The molecule has 0 aliphatic rings. The summed E-state index contributed by atoms with van der Waals surface area (Å²) in [6.45, 7) is 3.34. The van der Waals surface area contributed by atoms with Gasteiger partial charge in [-0.15, -0.1) is 0 Å². The molecule has 1 aromatic carbocycles. The minimum Gasteiger partial charge on any atom is -0.466 e. The Morgan fingerprint density at radius 2 is 2.31 bits per heavy atom. The number of anilines is 1. The smallest absolute Gasteiger partial charge is 0.305 e. The Balaban J connectivity index is 1.76. The molecule has 0 atom stereocenters. The van der Waals surface area contributed by atoms with Crippen molar-refractivity contribution < 1.29 is 9.53 Å². The van der Waals surface area contributed by atoms with E-state index in [1.165, 1.54) is 0 Å². The van der Waals surface area contributed by atoms with Crippen LogP contribution in [0.3, 0.4) is 0 Å². The predicted molar refractivity (Wildman–Crippen MR) is 103 cm³/mol. The molecular weight excluding hydrogens is 350 g/mol. The van der Waals surface area contributed by atoms with Gasteiger partial charge in [-0.3, -0.25) is 9.48 Å². The highest BCUT2D eigenvalue weighted by Gasteiger charge is 2.04. The van der Waals surface area contributed by atoms with Crippen LogP contribution >= 0.6 is 12.2 Å². The molecule has 0 amide bonds. The van der Waals surface area contributed by atoms with Crippen LogP contribution in [0.25, 0.3) is 0 Å². The highest BCUT2D eigenvalue weighted by molar-refractivity contribution is 7.80. The van der Waals surface area contributed by atoms with E-state index in [-0.39, 0.29) is 5.97 Å². The van der Waals surface area contributed by atoms with Gasteiger partial charge in [-0.05, 0) is 43.3 Å². The second-order valence-corrected chi connectivity index (χ2v) is 5.94. The molecule has 0 saturated heterocycles. The van der Waals surface area contributed by atoms with Gasteiger partial charge in [-0.25, -0.2) is 0 Å². The van der Waals surface area contributed by atoms with Crippen molar-refractivity contribution in [2.45, 2.75) is 26.3 Å². The Bertz CT molecular complexity index is 797. The Labute approximate surface area is 158 Å². The van der Waals surface area contributed by atoms with Gasteiger partial charge in [0.2, 0.25) is 0 Å². The lowest BCUT2D eigenvalue weighted by Gasteiger charge is -2.08. The number of ether oxygens (including phenoxy) is 1. The van der Waals surface area contributed by atoms with Crippen LogP contribution in [0.5, 0.6) is 0 Å². The Morgan fingerprint density at radius 3 is 3.08 bits per heavy atom. The molecule has 0 fully saturated rings. The summed E-state index contributed by atoms with van der Waals surface area (Å²) in [6.07, 6.45) is 4.53. The van der Waals surface area contributed by atoms with Crippen molar-refractivity contribution in [3.05, 3.63) is 47.8 Å².